The Balaban J connectivity index is 2.05. The standard InChI is InChI=1S/C14H24N2O3/c1-10-9-16(11-6-4-2-3-5-7-11)14(19)12(15-10)8-13(17)18/h10-12,15H,2-9H2,1H3,(H,17,18). The molecule has 1 saturated heterocycles. The molecule has 1 heterocycles. The second kappa shape index (κ2) is 6.37. The summed E-state index contributed by atoms with van der Waals surface area (Å²) in [4.78, 5) is 25.2. The number of nitrogens with zero attached hydrogens (tertiary/aromatic N) is 1. The summed E-state index contributed by atoms with van der Waals surface area (Å²) >= 11 is 0. The fourth-order valence-electron chi connectivity index (χ4n) is 3.27. The molecule has 5 nitrogen and oxygen atoms in total. The first-order valence-electron chi connectivity index (χ1n) is 7.36. The van der Waals surface area contributed by atoms with Crippen molar-refractivity contribution in [2.75, 3.05) is 6.54 Å². The maximum atomic E-state index is 12.4. The van der Waals surface area contributed by atoms with Crippen molar-refractivity contribution in [1.29, 1.82) is 0 Å². The fourth-order valence-corrected chi connectivity index (χ4v) is 3.27. The summed E-state index contributed by atoms with van der Waals surface area (Å²) in [5.74, 6) is -0.937. The Morgan fingerprint density at radius 1 is 1.32 bits per heavy atom. The van der Waals surface area contributed by atoms with Gasteiger partial charge < -0.3 is 15.3 Å². The highest BCUT2D eigenvalue weighted by Crippen LogP contribution is 2.24. The molecule has 5 heteroatoms. The Kier molecular flexibility index (Phi) is 4.80. The molecule has 2 unspecified atom stereocenters. The smallest absolute Gasteiger partial charge is 0.305 e. The second-order valence-electron chi connectivity index (χ2n) is 5.85. The molecule has 19 heavy (non-hydrogen) atoms. The lowest BCUT2D eigenvalue weighted by Crippen LogP contribution is -2.61. The number of hydrogen-bond acceptors (Lipinski definition) is 3. The van der Waals surface area contributed by atoms with Crippen molar-refractivity contribution in [1.82, 2.24) is 10.2 Å². The molecule has 0 radical (unpaired) electrons. The Morgan fingerprint density at radius 2 is 1.95 bits per heavy atom. The molecule has 2 rings (SSSR count). The molecule has 1 amide bonds. The van der Waals surface area contributed by atoms with Crippen molar-refractivity contribution in [3.05, 3.63) is 0 Å². The number of piperazine rings is 1. The Bertz CT molecular complexity index is 338. The van der Waals surface area contributed by atoms with Gasteiger partial charge in [0, 0.05) is 18.6 Å². The lowest BCUT2D eigenvalue weighted by Gasteiger charge is -2.41. The van der Waals surface area contributed by atoms with Gasteiger partial charge >= 0.3 is 5.97 Å². The highest BCUT2D eigenvalue weighted by atomic mass is 16.4. The van der Waals surface area contributed by atoms with Gasteiger partial charge in [-0.15, -0.1) is 0 Å². The molecule has 2 atom stereocenters. The molecule has 0 bridgehead atoms. The number of rotatable bonds is 3. The predicted octanol–water partition coefficient (Wildman–Crippen LogP) is 1.37. The molecular formula is C14H24N2O3. The third-order valence-corrected chi connectivity index (χ3v) is 4.18. The molecule has 0 aromatic carbocycles. The van der Waals surface area contributed by atoms with Crippen LogP contribution in [0, 0.1) is 0 Å². The average molecular weight is 268 g/mol. The monoisotopic (exact) mass is 268 g/mol. The topological polar surface area (TPSA) is 69.6 Å². The van der Waals surface area contributed by atoms with Crippen LogP contribution in [0.4, 0.5) is 0 Å². The number of carbonyl (C=O) groups is 2. The van der Waals surface area contributed by atoms with E-state index in [9.17, 15) is 9.59 Å². The summed E-state index contributed by atoms with van der Waals surface area (Å²) in [5.41, 5.74) is 0. The second-order valence-corrected chi connectivity index (χ2v) is 5.85. The maximum Gasteiger partial charge on any atom is 0.305 e. The minimum absolute atomic E-state index is 0.0209. The van der Waals surface area contributed by atoms with Crippen molar-refractivity contribution >= 4 is 11.9 Å². The van der Waals surface area contributed by atoms with Crippen LogP contribution in [0.1, 0.15) is 51.9 Å². The summed E-state index contributed by atoms with van der Waals surface area (Å²) in [6.07, 6.45) is 6.89. The first-order chi connectivity index (χ1) is 9.08. The molecule has 108 valence electrons. The van der Waals surface area contributed by atoms with Gasteiger partial charge in [0.05, 0.1) is 12.5 Å². The van der Waals surface area contributed by atoms with E-state index in [0.717, 1.165) is 12.8 Å². The largest absolute Gasteiger partial charge is 0.481 e. The summed E-state index contributed by atoms with van der Waals surface area (Å²) < 4.78 is 0. The van der Waals surface area contributed by atoms with Gasteiger partial charge in [0.1, 0.15) is 0 Å². The fraction of sp³-hybridized carbons (Fsp3) is 0.857. The Morgan fingerprint density at radius 3 is 2.53 bits per heavy atom. The van der Waals surface area contributed by atoms with E-state index in [0.29, 0.717) is 12.6 Å². The van der Waals surface area contributed by atoms with Gasteiger partial charge in [0.25, 0.3) is 0 Å². The van der Waals surface area contributed by atoms with Gasteiger partial charge in [-0.2, -0.15) is 0 Å². The Labute approximate surface area is 114 Å². The minimum atomic E-state index is -0.916. The molecule has 2 fully saturated rings. The highest BCUT2D eigenvalue weighted by molar-refractivity contribution is 5.87. The molecule has 1 aliphatic heterocycles. The van der Waals surface area contributed by atoms with Crippen LogP contribution in [0.3, 0.4) is 0 Å². The van der Waals surface area contributed by atoms with Gasteiger partial charge in [0.2, 0.25) is 5.91 Å². The van der Waals surface area contributed by atoms with E-state index in [1.54, 1.807) is 0 Å². The van der Waals surface area contributed by atoms with Gasteiger partial charge in [-0.1, -0.05) is 25.7 Å². The summed E-state index contributed by atoms with van der Waals surface area (Å²) in [6.45, 7) is 2.73. The van der Waals surface area contributed by atoms with Crippen LogP contribution in [0.15, 0.2) is 0 Å². The lowest BCUT2D eigenvalue weighted by molar-refractivity contribution is -0.146. The van der Waals surface area contributed by atoms with E-state index in [4.69, 9.17) is 5.11 Å². The zero-order valence-electron chi connectivity index (χ0n) is 11.6. The van der Waals surface area contributed by atoms with Crippen molar-refractivity contribution in [3.8, 4) is 0 Å². The van der Waals surface area contributed by atoms with Crippen LogP contribution < -0.4 is 5.32 Å². The molecule has 0 aromatic heterocycles. The van der Waals surface area contributed by atoms with Crippen LogP contribution >= 0.6 is 0 Å². The van der Waals surface area contributed by atoms with Crippen LogP contribution in [0.2, 0.25) is 0 Å². The first-order valence-corrected chi connectivity index (χ1v) is 7.36. The number of hydrogen-bond donors (Lipinski definition) is 2. The maximum absolute atomic E-state index is 12.4. The highest BCUT2D eigenvalue weighted by Gasteiger charge is 2.36. The molecule has 0 spiro atoms. The van der Waals surface area contributed by atoms with Gasteiger partial charge in [-0.3, -0.25) is 9.59 Å². The summed E-state index contributed by atoms with van der Waals surface area (Å²) in [6, 6.07) is -0.0642. The van der Waals surface area contributed by atoms with Crippen molar-refractivity contribution in [2.45, 2.75) is 70.0 Å². The predicted molar refractivity (Wildman–Crippen MR) is 71.8 cm³/mol. The quantitative estimate of drug-likeness (QED) is 0.759. The molecule has 1 aliphatic carbocycles. The normalized spacial score (nSPS) is 30.2. The number of nitrogens with one attached hydrogen (secondary N) is 1. The third kappa shape index (κ3) is 3.69. The number of carbonyl (C=O) groups excluding carboxylic acids is 1. The van der Waals surface area contributed by atoms with E-state index in [2.05, 4.69) is 5.32 Å². The van der Waals surface area contributed by atoms with Crippen LogP contribution in [0.5, 0.6) is 0 Å². The number of aliphatic carboxylic acids is 1. The van der Waals surface area contributed by atoms with E-state index in [1.165, 1.54) is 25.7 Å². The number of amides is 1. The van der Waals surface area contributed by atoms with E-state index in [-0.39, 0.29) is 18.4 Å². The van der Waals surface area contributed by atoms with Gasteiger partial charge in [-0.05, 0) is 19.8 Å². The van der Waals surface area contributed by atoms with Crippen molar-refractivity contribution in [2.24, 2.45) is 0 Å². The van der Waals surface area contributed by atoms with Crippen LogP contribution in [0.25, 0.3) is 0 Å². The number of carboxylic acids is 1. The van der Waals surface area contributed by atoms with Crippen molar-refractivity contribution in [3.63, 3.8) is 0 Å². The lowest BCUT2D eigenvalue weighted by atomic mass is 10.0. The summed E-state index contributed by atoms with van der Waals surface area (Å²) in [5, 5.41) is 12.0. The zero-order valence-corrected chi connectivity index (χ0v) is 11.6. The van der Waals surface area contributed by atoms with E-state index in [1.807, 2.05) is 11.8 Å². The summed E-state index contributed by atoms with van der Waals surface area (Å²) in [7, 11) is 0. The molecule has 2 aliphatic rings. The minimum Gasteiger partial charge on any atom is -0.481 e. The van der Waals surface area contributed by atoms with E-state index >= 15 is 0 Å². The molecular weight excluding hydrogens is 244 g/mol. The third-order valence-electron chi connectivity index (χ3n) is 4.18. The van der Waals surface area contributed by atoms with E-state index < -0.39 is 12.0 Å². The van der Waals surface area contributed by atoms with Gasteiger partial charge in [-0.25, -0.2) is 0 Å². The molecule has 2 N–H and O–H groups in total. The molecule has 0 aromatic rings. The first kappa shape index (κ1) is 14.3. The van der Waals surface area contributed by atoms with Crippen LogP contribution in [-0.4, -0.2) is 46.6 Å². The van der Waals surface area contributed by atoms with Crippen LogP contribution in [-0.2, 0) is 9.59 Å². The van der Waals surface area contributed by atoms with Crippen molar-refractivity contribution < 1.29 is 14.7 Å². The molecule has 1 saturated carbocycles. The van der Waals surface area contributed by atoms with Gasteiger partial charge in [0.15, 0.2) is 0 Å². The Hall–Kier alpha value is -1.10. The SMILES string of the molecule is CC1CN(C2CCCCCC2)C(=O)C(CC(=O)O)N1. The average Bonchev–Trinajstić information content (AvgIpc) is 2.61. The number of carboxylic acid groups (broad SMARTS) is 1. The zero-order chi connectivity index (χ0) is 13.8.